The molecule has 0 fully saturated rings. The summed E-state index contributed by atoms with van der Waals surface area (Å²) in [5.41, 5.74) is 0.459. The van der Waals surface area contributed by atoms with Crippen LogP contribution in [0.1, 0.15) is 24.2 Å². The minimum atomic E-state index is -0.450. The van der Waals surface area contributed by atoms with E-state index >= 15 is 0 Å². The lowest BCUT2D eigenvalue weighted by molar-refractivity contribution is -0.141. The van der Waals surface area contributed by atoms with Crippen molar-refractivity contribution < 1.29 is 19.1 Å². The molecule has 0 spiro atoms. The fourth-order valence-corrected chi connectivity index (χ4v) is 2.18. The first-order chi connectivity index (χ1) is 11.5. The van der Waals surface area contributed by atoms with Gasteiger partial charge in [-0.15, -0.1) is 0 Å². The maximum Gasteiger partial charge on any atom is 0.325 e. The number of nitrogens with zero attached hydrogens (tertiary/aromatic N) is 1. The van der Waals surface area contributed by atoms with Crippen LogP contribution in [-0.4, -0.2) is 36.5 Å². The minimum absolute atomic E-state index is 0.0865. The Bertz CT molecular complexity index is 698. The Hall–Kier alpha value is -2.82. The molecule has 0 atom stereocenters. The molecule has 0 heterocycles. The van der Waals surface area contributed by atoms with Gasteiger partial charge >= 0.3 is 5.97 Å². The van der Waals surface area contributed by atoms with Crippen molar-refractivity contribution in [3.05, 3.63) is 60.2 Å². The summed E-state index contributed by atoms with van der Waals surface area (Å²) in [5.74, 6) is 0.564. The van der Waals surface area contributed by atoms with E-state index in [9.17, 15) is 9.59 Å². The van der Waals surface area contributed by atoms with E-state index in [1.807, 2.05) is 44.2 Å². The molecule has 5 nitrogen and oxygen atoms in total. The first-order valence-corrected chi connectivity index (χ1v) is 7.72. The molecule has 0 aromatic heterocycles. The van der Waals surface area contributed by atoms with E-state index < -0.39 is 5.97 Å². The number of carbonyl (C=O) groups excluding carboxylic acids is 2. The molecule has 5 heteroatoms. The highest BCUT2D eigenvalue weighted by molar-refractivity contribution is 5.96. The maximum absolute atomic E-state index is 12.7. The van der Waals surface area contributed by atoms with Crippen molar-refractivity contribution in [2.24, 2.45) is 0 Å². The molecule has 0 saturated carbocycles. The summed E-state index contributed by atoms with van der Waals surface area (Å²) in [6, 6.07) is 16.1. The predicted octanol–water partition coefficient (Wildman–Crippen LogP) is 3.50. The fraction of sp³-hybridized carbons (Fsp3) is 0.263. The molecule has 0 saturated heterocycles. The number of amides is 1. The molecular formula is C19H21NO4. The predicted molar refractivity (Wildman–Crippen MR) is 91.1 cm³/mol. The molecule has 0 N–H and O–H groups in total. The first-order valence-electron chi connectivity index (χ1n) is 7.72. The van der Waals surface area contributed by atoms with Gasteiger partial charge in [-0.25, -0.2) is 0 Å². The molecule has 0 radical (unpaired) electrons. The number of methoxy groups -OCH3 is 1. The monoisotopic (exact) mass is 327 g/mol. The van der Waals surface area contributed by atoms with E-state index in [-0.39, 0.29) is 18.5 Å². The molecule has 0 aliphatic heterocycles. The van der Waals surface area contributed by atoms with Crippen molar-refractivity contribution in [1.29, 1.82) is 0 Å². The first kappa shape index (κ1) is 17.5. The van der Waals surface area contributed by atoms with E-state index in [1.165, 1.54) is 12.0 Å². The van der Waals surface area contributed by atoms with Gasteiger partial charge in [0, 0.05) is 11.6 Å². The van der Waals surface area contributed by atoms with Gasteiger partial charge < -0.3 is 14.4 Å². The minimum Gasteiger partial charge on any atom is -0.468 e. The molecule has 1 amide bonds. The van der Waals surface area contributed by atoms with Gasteiger partial charge in [-0.05, 0) is 44.2 Å². The van der Waals surface area contributed by atoms with Gasteiger partial charge in [-0.1, -0.05) is 24.3 Å². The second kappa shape index (κ2) is 8.15. The van der Waals surface area contributed by atoms with Crippen molar-refractivity contribution in [2.75, 3.05) is 13.7 Å². The zero-order chi connectivity index (χ0) is 17.5. The van der Waals surface area contributed by atoms with Crippen LogP contribution in [0, 0.1) is 0 Å². The van der Waals surface area contributed by atoms with Crippen molar-refractivity contribution in [3.63, 3.8) is 0 Å². The van der Waals surface area contributed by atoms with Crippen LogP contribution in [0.4, 0.5) is 0 Å². The number of carbonyl (C=O) groups is 2. The van der Waals surface area contributed by atoms with E-state index in [0.717, 1.165) is 0 Å². The summed E-state index contributed by atoms with van der Waals surface area (Å²) >= 11 is 0. The van der Waals surface area contributed by atoms with Crippen LogP contribution in [0.25, 0.3) is 0 Å². The maximum atomic E-state index is 12.7. The average molecular weight is 327 g/mol. The molecule has 24 heavy (non-hydrogen) atoms. The molecule has 0 bridgehead atoms. The Kier molecular flexibility index (Phi) is 5.95. The van der Waals surface area contributed by atoms with E-state index in [0.29, 0.717) is 17.1 Å². The van der Waals surface area contributed by atoms with Crippen LogP contribution in [-0.2, 0) is 9.53 Å². The van der Waals surface area contributed by atoms with E-state index in [2.05, 4.69) is 4.74 Å². The van der Waals surface area contributed by atoms with Crippen molar-refractivity contribution in [2.45, 2.75) is 19.9 Å². The third-order valence-corrected chi connectivity index (χ3v) is 3.47. The summed E-state index contributed by atoms with van der Waals surface area (Å²) in [6.45, 7) is 3.62. The van der Waals surface area contributed by atoms with Gasteiger partial charge in [0.15, 0.2) is 0 Å². The molecule has 2 aromatic rings. The van der Waals surface area contributed by atoms with Crippen LogP contribution in [0.5, 0.6) is 11.5 Å². The number of benzene rings is 2. The molecule has 0 unspecified atom stereocenters. The van der Waals surface area contributed by atoms with Gasteiger partial charge in [0.1, 0.15) is 18.0 Å². The zero-order valence-electron chi connectivity index (χ0n) is 14.1. The molecule has 2 aromatic carbocycles. The molecule has 2 rings (SSSR count). The van der Waals surface area contributed by atoms with E-state index in [1.54, 1.807) is 24.3 Å². The number of hydrogen-bond donors (Lipinski definition) is 0. The molecule has 0 aliphatic carbocycles. The summed E-state index contributed by atoms with van der Waals surface area (Å²) in [4.78, 5) is 25.7. The zero-order valence-corrected chi connectivity index (χ0v) is 14.1. The summed E-state index contributed by atoms with van der Waals surface area (Å²) in [6.07, 6.45) is 0. The highest BCUT2D eigenvalue weighted by Gasteiger charge is 2.22. The Morgan fingerprint density at radius 1 is 1.00 bits per heavy atom. The SMILES string of the molecule is COC(=O)CN(C(=O)c1cccc(Oc2ccccc2)c1)C(C)C. The highest BCUT2D eigenvalue weighted by Crippen LogP contribution is 2.22. The number of rotatable bonds is 6. The third kappa shape index (κ3) is 4.59. The van der Waals surface area contributed by atoms with Crippen LogP contribution < -0.4 is 4.74 Å². The topological polar surface area (TPSA) is 55.8 Å². The largest absolute Gasteiger partial charge is 0.468 e. The van der Waals surface area contributed by atoms with Crippen LogP contribution >= 0.6 is 0 Å². The second-order valence-corrected chi connectivity index (χ2v) is 5.55. The fourth-order valence-electron chi connectivity index (χ4n) is 2.18. The number of hydrogen-bond acceptors (Lipinski definition) is 4. The lowest BCUT2D eigenvalue weighted by atomic mass is 10.1. The lowest BCUT2D eigenvalue weighted by Gasteiger charge is -2.25. The summed E-state index contributed by atoms with van der Waals surface area (Å²) in [7, 11) is 1.31. The van der Waals surface area contributed by atoms with Crippen LogP contribution in [0.2, 0.25) is 0 Å². The normalized spacial score (nSPS) is 10.3. The van der Waals surface area contributed by atoms with E-state index in [4.69, 9.17) is 4.74 Å². The van der Waals surface area contributed by atoms with Crippen LogP contribution in [0.3, 0.4) is 0 Å². The molecule has 126 valence electrons. The standard InChI is InChI=1S/C19H21NO4/c1-14(2)20(13-18(21)23-3)19(22)15-8-7-11-17(12-15)24-16-9-5-4-6-10-16/h4-12,14H,13H2,1-3H3. The quantitative estimate of drug-likeness (QED) is 0.762. The molecule has 0 aliphatic rings. The van der Waals surface area contributed by atoms with Gasteiger partial charge in [-0.3, -0.25) is 9.59 Å². The van der Waals surface area contributed by atoms with Gasteiger partial charge in [0.2, 0.25) is 0 Å². The lowest BCUT2D eigenvalue weighted by Crippen LogP contribution is -2.41. The summed E-state index contributed by atoms with van der Waals surface area (Å²) in [5, 5.41) is 0. The Morgan fingerprint density at radius 2 is 1.67 bits per heavy atom. The Labute approximate surface area is 141 Å². The van der Waals surface area contributed by atoms with Gasteiger partial charge in [-0.2, -0.15) is 0 Å². The smallest absolute Gasteiger partial charge is 0.325 e. The molecular weight excluding hydrogens is 306 g/mol. The Morgan fingerprint density at radius 3 is 2.29 bits per heavy atom. The van der Waals surface area contributed by atoms with Crippen LogP contribution in [0.15, 0.2) is 54.6 Å². The second-order valence-electron chi connectivity index (χ2n) is 5.55. The number of esters is 1. The summed E-state index contributed by atoms with van der Waals surface area (Å²) < 4.78 is 10.4. The van der Waals surface area contributed by atoms with Crippen molar-refractivity contribution in [3.8, 4) is 11.5 Å². The third-order valence-electron chi connectivity index (χ3n) is 3.47. The van der Waals surface area contributed by atoms with Crippen molar-refractivity contribution >= 4 is 11.9 Å². The number of ether oxygens (including phenoxy) is 2. The van der Waals surface area contributed by atoms with Gasteiger partial charge in [0.05, 0.1) is 7.11 Å². The van der Waals surface area contributed by atoms with Gasteiger partial charge in [0.25, 0.3) is 5.91 Å². The Balaban J connectivity index is 2.19. The van der Waals surface area contributed by atoms with Crippen molar-refractivity contribution in [1.82, 2.24) is 4.90 Å². The average Bonchev–Trinajstić information content (AvgIpc) is 2.59. The number of para-hydroxylation sites is 1. The highest BCUT2D eigenvalue weighted by atomic mass is 16.5.